The molecule has 1 atom stereocenters. The van der Waals surface area contributed by atoms with Crippen LogP contribution in [-0.2, 0) is 9.59 Å². The number of nitrogens with two attached hydrogens (primary N) is 1. The number of aliphatic carboxylic acids is 1. The van der Waals surface area contributed by atoms with E-state index in [1.807, 2.05) is 0 Å². The van der Waals surface area contributed by atoms with Gasteiger partial charge in [-0.3, -0.25) is 9.59 Å². The quantitative estimate of drug-likeness (QED) is 0.614. The highest BCUT2D eigenvalue weighted by Gasteiger charge is 2.10. The molecule has 12 heavy (non-hydrogen) atoms. The van der Waals surface area contributed by atoms with E-state index in [0.717, 1.165) is 0 Å². The largest absolute Gasteiger partial charge is 0.480 e. The Balaban J connectivity index is 3.43. The van der Waals surface area contributed by atoms with Gasteiger partial charge in [0.15, 0.2) is 0 Å². The van der Waals surface area contributed by atoms with Crippen molar-refractivity contribution in [2.75, 3.05) is 0 Å². The Kier molecular flexibility index (Phi) is 5.28. The van der Waals surface area contributed by atoms with Crippen LogP contribution in [0.5, 0.6) is 0 Å². The van der Waals surface area contributed by atoms with Crippen LogP contribution in [0.3, 0.4) is 0 Å². The molecule has 0 amide bonds. The molecule has 4 nitrogen and oxygen atoms in total. The van der Waals surface area contributed by atoms with Gasteiger partial charge in [0.2, 0.25) is 0 Å². The summed E-state index contributed by atoms with van der Waals surface area (Å²) < 4.78 is 0. The first-order valence-electron chi connectivity index (χ1n) is 4.08. The molecule has 0 heterocycles. The average Bonchev–Trinajstić information content (AvgIpc) is 2.03. The monoisotopic (exact) mass is 173 g/mol. The molecule has 0 aromatic carbocycles. The van der Waals surface area contributed by atoms with E-state index in [0.29, 0.717) is 25.7 Å². The van der Waals surface area contributed by atoms with Crippen molar-refractivity contribution in [3.8, 4) is 0 Å². The minimum atomic E-state index is -1.00. The molecule has 0 aromatic rings. The Hall–Kier alpha value is -0.900. The summed E-state index contributed by atoms with van der Waals surface area (Å²) in [5, 5.41) is 8.39. The number of hydrogen-bond donors (Lipinski definition) is 2. The summed E-state index contributed by atoms with van der Waals surface area (Å²) in [6.07, 6.45) is 1.90. The van der Waals surface area contributed by atoms with Crippen molar-refractivity contribution >= 4 is 11.8 Å². The van der Waals surface area contributed by atoms with Crippen LogP contribution in [0.15, 0.2) is 0 Å². The summed E-state index contributed by atoms with van der Waals surface area (Å²) in [4.78, 5) is 21.0. The maximum Gasteiger partial charge on any atom is 0.320 e. The van der Waals surface area contributed by atoms with E-state index in [4.69, 9.17) is 10.8 Å². The molecule has 0 aliphatic carbocycles. The molecule has 0 aliphatic rings. The predicted octanol–water partition coefficient (Wildman–Crippen LogP) is 0.548. The highest BCUT2D eigenvalue weighted by atomic mass is 16.4. The summed E-state index contributed by atoms with van der Waals surface area (Å²) in [7, 11) is 0. The second-order valence-corrected chi connectivity index (χ2v) is 2.73. The lowest BCUT2D eigenvalue weighted by atomic mass is 10.1. The van der Waals surface area contributed by atoms with Gasteiger partial charge in [0.05, 0.1) is 0 Å². The maximum absolute atomic E-state index is 10.8. The van der Waals surface area contributed by atoms with Crippen molar-refractivity contribution < 1.29 is 14.7 Å². The lowest BCUT2D eigenvalue weighted by Crippen LogP contribution is -2.29. The molecule has 0 saturated carbocycles. The van der Waals surface area contributed by atoms with Gasteiger partial charge in [0.25, 0.3) is 0 Å². The highest BCUT2D eigenvalue weighted by molar-refractivity contribution is 5.78. The van der Waals surface area contributed by atoms with Gasteiger partial charge in [-0.05, 0) is 12.8 Å². The summed E-state index contributed by atoms with van der Waals surface area (Å²) in [5.41, 5.74) is 5.23. The number of rotatable bonds is 6. The van der Waals surface area contributed by atoms with Crippen molar-refractivity contribution in [1.29, 1.82) is 0 Å². The molecule has 0 unspecified atom stereocenters. The molecule has 70 valence electrons. The van der Waals surface area contributed by atoms with E-state index in [2.05, 4.69) is 0 Å². The number of hydrogen-bond acceptors (Lipinski definition) is 3. The molecule has 0 aromatic heterocycles. The van der Waals surface area contributed by atoms with Crippen LogP contribution < -0.4 is 5.73 Å². The molecule has 0 spiro atoms. The Morgan fingerprint density at radius 2 is 2.08 bits per heavy atom. The van der Waals surface area contributed by atoms with Crippen molar-refractivity contribution in [3.63, 3.8) is 0 Å². The lowest BCUT2D eigenvalue weighted by molar-refractivity contribution is -0.138. The van der Waals surface area contributed by atoms with Crippen LogP contribution in [0.25, 0.3) is 0 Å². The van der Waals surface area contributed by atoms with Gasteiger partial charge in [-0.2, -0.15) is 0 Å². The third-order valence-electron chi connectivity index (χ3n) is 1.68. The number of ketones is 1. The fourth-order valence-corrected chi connectivity index (χ4v) is 0.819. The van der Waals surface area contributed by atoms with Crippen LogP contribution in [0.2, 0.25) is 0 Å². The first-order chi connectivity index (χ1) is 5.57. The van der Waals surface area contributed by atoms with Gasteiger partial charge < -0.3 is 10.8 Å². The van der Waals surface area contributed by atoms with Crippen LogP contribution in [0.1, 0.15) is 32.6 Å². The van der Waals surface area contributed by atoms with Gasteiger partial charge in [0.1, 0.15) is 11.8 Å². The van der Waals surface area contributed by atoms with Crippen LogP contribution >= 0.6 is 0 Å². The summed E-state index contributed by atoms with van der Waals surface area (Å²) in [5.74, 6) is -0.841. The minimum Gasteiger partial charge on any atom is -0.480 e. The van der Waals surface area contributed by atoms with Crippen LogP contribution in [0, 0.1) is 0 Å². The molecule has 0 fully saturated rings. The molecule has 0 rings (SSSR count). The number of carboxylic acids is 1. The summed E-state index contributed by atoms with van der Waals surface area (Å²) in [6, 6.07) is -0.824. The van der Waals surface area contributed by atoms with Crippen LogP contribution in [0.4, 0.5) is 0 Å². The van der Waals surface area contributed by atoms with E-state index in [1.165, 1.54) is 0 Å². The zero-order valence-corrected chi connectivity index (χ0v) is 7.25. The number of carbonyl (C=O) groups excluding carboxylic acids is 1. The number of carboxylic acid groups (broad SMARTS) is 1. The summed E-state index contributed by atoms with van der Waals surface area (Å²) >= 11 is 0. The third-order valence-corrected chi connectivity index (χ3v) is 1.68. The van der Waals surface area contributed by atoms with E-state index >= 15 is 0 Å². The zero-order chi connectivity index (χ0) is 9.56. The molecular weight excluding hydrogens is 158 g/mol. The van der Waals surface area contributed by atoms with E-state index in [-0.39, 0.29) is 5.78 Å². The normalized spacial score (nSPS) is 12.5. The second-order valence-electron chi connectivity index (χ2n) is 2.73. The topological polar surface area (TPSA) is 80.4 Å². The first kappa shape index (κ1) is 11.1. The van der Waals surface area contributed by atoms with Crippen LogP contribution in [-0.4, -0.2) is 22.9 Å². The maximum atomic E-state index is 10.8. The molecule has 0 aliphatic heterocycles. The smallest absolute Gasteiger partial charge is 0.320 e. The number of Topliss-reactive ketones (excluding diaryl/α,β-unsaturated/α-hetero) is 1. The molecular formula is C8H15NO3. The zero-order valence-electron chi connectivity index (χ0n) is 7.25. The summed E-state index contributed by atoms with van der Waals surface area (Å²) in [6.45, 7) is 1.79. The fraction of sp³-hybridized carbons (Fsp3) is 0.750. The van der Waals surface area contributed by atoms with Gasteiger partial charge in [-0.25, -0.2) is 0 Å². The fourth-order valence-electron chi connectivity index (χ4n) is 0.819. The third kappa shape index (κ3) is 4.85. The van der Waals surface area contributed by atoms with Gasteiger partial charge in [0, 0.05) is 12.8 Å². The Bertz CT molecular complexity index is 168. The standard InChI is InChI=1S/C8H15NO3/c1-2-6(10)4-3-5-7(9)8(11)12/h7H,2-5,9H2,1H3,(H,11,12)/t7-/m0/s1. The predicted molar refractivity (Wildman–Crippen MR) is 44.8 cm³/mol. The Morgan fingerprint density at radius 3 is 2.50 bits per heavy atom. The molecule has 3 N–H and O–H groups in total. The highest BCUT2D eigenvalue weighted by Crippen LogP contribution is 2.01. The van der Waals surface area contributed by atoms with E-state index in [9.17, 15) is 9.59 Å². The second kappa shape index (κ2) is 5.71. The first-order valence-corrected chi connectivity index (χ1v) is 4.08. The Morgan fingerprint density at radius 1 is 1.50 bits per heavy atom. The van der Waals surface area contributed by atoms with Crippen molar-refractivity contribution in [1.82, 2.24) is 0 Å². The number of carbonyl (C=O) groups is 2. The molecule has 0 radical (unpaired) electrons. The van der Waals surface area contributed by atoms with E-state index in [1.54, 1.807) is 6.92 Å². The van der Waals surface area contributed by atoms with Gasteiger partial charge in [-0.1, -0.05) is 6.92 Å². The van der Waals surface area contributed by atoms with E-state index < -0.39 is 12.0 Å². The molecule has 0 bridgehead atoms. The molecule has 4 heteroatoms. The van der Waals surface area contributed by atoms with Gasteiger partial charge >= 0.3 is 5.97 Å². The molecule has 0 saturated heterocycles. The Labute approximate surface area is 71.8 Å². The van der Waals surface area contributed by atoms with Crippen molar-refractivity contribution in [2.45, 2.75) is 38.6 Å². The average molecular weight is 173 g/mol. The minimum absolute atomic E-state index is 0.160. The lowest BCUT2D eigenvalue weighted by Gasteiger charge is -2.04. The SMILES string of the molecule is CCC(=O)CCC[C@H](N)C(=O)O. The van der Waals surface area contributed by atoms with Crippen molar-refractivity contribution in [3.05, 3.63) is 0 Å². The van der Waals surface area contributed by atoms with Gasteiger partial charge in [-0.15, -0.1) is 0 Å². The van der Waals surface area contributed by atoms with Crippen molar-refractivity contribution in [2.24, 2.45) is 5.73 Å².